The lowest BCUT2D eigenvalue weighted by atomic mass is 9.95. The maximum atomic E-state index is 11.7. The van der Waals surface area contributed by atoms with E-state index in [0.717, 1.165) is 25.9 Å². The van der Waals surface area contributed by atoms with Crippen LogP contribution >= 0.6 is 46.6 Å². The van der Waals surface area contributed by atoms with Gasteiger partial charge in [0.25, 0.3) is 0 Å². The fourth-order valence-electron chi connectivity index (χ4n) is 2.99. The molecule has 0 aromatic carbocycles. The van der Waals surface area contributed by atoms with Crippen molar-refractivity contribution in [1.29, 1.82) is 0 Å². The number of hydrogen-bond acceptors (Lipinski definition) is 3. The summed E-state index contributed by atoms with van der Waals surface area (Å²) >= 11 is 7.33. The van der Waals surface area contributed by atoms with Gasteiger partial charge >= 0.3 is 5.37 Å². The van der Waals surface area contributed by atoms with E-state index in [4.69, 9.17) is 11.6 Å². The van der Waals surface area contributed by atoms with Crippen molar-refractivity contribution in [2.75, 3.05) is 19.6 Å². The van der Waals surface area contributed by atoms with E-state index in [2.05, 4.69) is 4.90 Å². The Kier molecular flexibility index (Phi) is 7.35. The van der Waals surface area contributed by atoms with Crippen molar-refractivity contribution in [2.45, 2.75) is 44.2 Å². The molecule has 2 aliphatic heterocycles. The van der Waals surface area contributed by atoms with Gasteiger partial charge in [0, 0.05) is 35.2 Å². The van der Waals surface area contributed by atoms with Crippen molar-refractivity contribution in [3.8, 4) is 0 Å². The number of amides is 1. The Labute approximate surface area is 138 Å². The summed E-state index contributed by atoms with van der Waals surface area (Å²) in [6.45, 7) is 2.85. The molecule has 0 N–H and O–H groups in total. The van der Waals surface area contributed by atoms with Gasteiger partial charge in [-0.3, -0.25) is 9.59 Å². The van der Waals surface area contributed by atoms with E-state index in [9.17, 15) is 9.59 Å². The van der Waals surface area contributed by atoms with Gasteiger partial charge in [0.15, 0.2) is 0 Å². The second kappa shape index (κ2) is 8.00. The van der Waals surface area contributed by atoms with Crippen molar-refractivity contribution in [3.63, 3.8) is 0 Å². The molecule has 2 unspecified atom stereocenters. The molecule has 2 rings (SSSR count). The molecule has 1 amide bonds. The van der Waals surface area contributed by atoms with E-state index in [-0.39, 0.29) is 22.2 Å². The molecular formula is C12H19Cl2IN2O2. The maximum absolute atomic E-state index is 11.7. The minimum absolute atomic E-state index is 0. The van der Waals surface area contributed by atoms with Crippen LogP contribution in [0.15, 0.2) is 0 Å². The number of carbonyl (C=O) groups is 2. The number of piperidine rings is 2. The number of likely N-dealkylation sites (tertiary alicyclic amines) is 2. The Morgan fingerprint density at radius 2 is 1.74 bits per heavy atom. The van der Waals surface area contributed by atoms with Crippen molar-refractivity contribution in [3.05, 3.63) is 0 Å². The minimum atomic E-state index is -0.498. The van der Waals surface area contributed by atoms with Crippen LogP contribution in [0.5, 0.6) is 0 Å². The summed E-state index contributed by atoms with van der Waals surface area (Å²) in [6.07, 6.45) is 5.47. The first kappa shape index (κ1) is 17.5. The zero-order valence-electron chi connectivity index (χ0n) is 10.7. The molecule has 7 heteroatoms. The predicted octanol–water partition coefficient (Wildman–Crippen LogP) is 3.05. The van der Waals surface area contributed by atoms with Crippen LogP contribution in [0.1, 0.15) is 32.1 Å². The molecule has 0 radical (unpaired) electrons. The van der Waals surface area contributed by atoms with Gasteiger partial charge in [0.1, 0.15) is 6.04 Å². The monoisotopic (exact) mass is 420 g/mol. The first-order chi connectivity index (χ1) is 8.59. The molecule has 2 heterocycles. The van der Waals surface area contributed by atoms with E-state index in [0.29, 0.717) is 12.6 Å². The van der Waals surface area contributed by atoms with E-state index in [1.54, 1.807) is 22.6 Å². The van der Waals surface area contributed by atoms with Gasteiger partial charge in [0.2, 0.25) is 3.79 Å². The summed E-state index contributed by atoms with van der Waals surface area (Å²) < 4.78 is 0.0170. The lowest BCUT2D eigenvalue weighted by Gasteiger charge is -2.42. The number of hydrogen-bond donors (Lipinski definition) is 0. The van der Waals surface area contributed by atoms with Crippen molar-refractivity contribution in [1.82, 2.24) is 9.80 Å². The van der Waals surface area contributed by atoms with Crippen LogP contribution < -0.4 is 0 Å². The average Bonchev–Trinajstić information content (AvgIpc) is 2.39. The largest absolute Gasteiger partial charge is 0.318 e. The highest BCUT2D eigenvalue weighted by Crippen LogP contribution is 2.27. The van der Waals surface area contributed by atoms with Gasteiger partial charge in [-0.15, -0.1) is 12.4 Å². The summed E-state index contributed by atoms with van der Waals surface area (Å²) in [7, 11) is 0. The van der Waals surface area contributed by atoms with Crippen LogP contribution in [-0.2, 0) is 4.79 Å². The zero-order valence-corrected chi connectivity index (χ0v) is 14.4. The molecule has 0 aromatic rings. The zero-order chi connectivity index (χ0) is 13.1. The summed E-state index contributed by atoms with van der Waals surface area (Å²) in [5.74, 6) is 0. The van der Waals surface area contributed by atoms with Crippen LogP contribution in [0.25, 0.3) is 0 Å². The normalized spacial score (nSPS) is 28.6. The third-order valence-corrected chi connectivity index (χ3v) is 4.91. The maximum Gasteiger partial charge on any atom is 0.317 e. The predicted molar refractivity (Wildman–Crippen MR) is 86.5 cm³/mol. The standard InChI is InChI=1S/C12H18ClIN2O2.ClH/c13-12(18)16-7-4-9(8-10(16)11(14)17)15-5-2-1-3-6-15;/h9-10H,1-8H2;1H. The summed E-state index contributed by atoms with van der Waals surface area (Å²) in [5, 5.41) is -0.498. The quantitative estimate of drug-likeness (QED) is 0.391. The lowest BCUT2D eigenvalue weighted by Crippen LogP contribution is -2.53. The molecule has 0 spiro atoms. The molecule has 110 valence electrons. The Morgan fingerprint density at radius 3 is 2.26 bits per heavy atom. The first-order valence-electron chi connectivity index (χ1n) is 6.49. The number of halogens is 3. The number of nitrogens with zero attached hydrogens (tertiary/aromatic N) is 2. The van der Waals surface area contributed by atoms with Crippen LogP contribution in [0, 0.1) is 0 Å². The third kappa shape index (κ3) is 4.44. The van der Waals surface area contributed by atoms with Crippen LogP contribution in [0.3, 0.4) is 0 Å². The SMILES string of the molecule is Cl.O=C(I)C1CC(N2CCCCC2)CCN1C(=O)Cl. The van der Waals surface area contributed by atoms with Gasteiger partial charge in [-0.2, -0.15) is 0 Å². The molecule has 0 aromatic heterocycles. The molecule has 0 aliphatic carbocycles. The Balaban J connectivity index is 0.00000180. The fraction of sp³-hybridized carbons (Fsp3) is 0.833. The van der Waals surface area contributed by atoms with Gasteiger partial charge in [-0.1, -0.05) is 6.42 Å². The van der Waals surface area contributed by atoms with Gasteiger partial charge in [-0.05, 0) is 50.4 Å². The van der Waals surface area contributed by atoms with E-state index in [1.807, 2.05) is 0 Å². The lowest BCUT2D eigenvalue weighted by molar-refractivity contribution is -0.114. The molecular weight excluding hydrogens is 402 g/mol. The molecule has 19 heavy (non-hydrogen) atoms. The molecule has 0 bridgehead atoms. The first-order valence-corrected chi connectivity index (χ1v) is 7.95. The summed E-state index contributed by atoms with van der Waals surface area (Å²) in [4.78, 5) is 27.0. The summed E-state index contributed by atoms with van der Waals surface area (Å²) in [5.41, 5.74) is 0. The Morgan fingerprint density at radius 1 is 1.11 bits per heavy atom. The van der Waals surface area contributed by atoms with Gasteiger partial charge < -0.3 is 9.80 Å². The smallest absolute Gasteiger partial charge is 0.317 e. The highest BCUT2D eigenvalue weighted by atomic mass is 127. The fourth-order valence-corrected chi connectivity index (χ4v) is 3.78. The molecule has 0 saturated carbocycles. The van der Waals surface area contributed by atoms with E-state index < -0.39 is 5.37 Å². The number of rotatable bonds is 2. The summed E-state index contributed by atoms with van der Waals surface area (Å²) in [6, 6.07) is 0.0950. The van der Waals surface area contributed by atoms with Crippen molar-refractivity contribution in [2.24, 2.45) is 0 Å². The topological polar surface area (TPSA) is 40.6 Å². The number of carbonyl (C=O) groups excluding carboxylic acids is 2. The highest BCUT2D eigenvalue weighted by Gasteiger charge is 2.36. The molecule has 2 fully saturated rings. The Bertz CT molecular complexity index is 338. The van der Waals surface area contributed by atoms with Crippen LogP contribution in [-0.4, -0.2) is 50.7 Å². The van der Waals surface area contributed by atoms with Gasteiger partial charge in [-0.25, -0.2) is 0 Å². The van der Waals surface area contributed by atoms with E-state index >= 15 is 0 Å². The van der Waals surface area contributed by atoms with Crippen LogP contribution in [0.2, 0.25) is 0 Å². The second-order valence-electron chi connectivity index (χ2n) is 5.04. The minimum Gasteiger partial charge on any atom is -0.318 e. The highest BCUT2D eigenvalue weighted by molar-refractivity contribution is 14.1. The average molecular weight is 421 g/mol. The van der Waals surface area contributed by atoms with Crippen molar-refractivity contribution < 1.29 is 9.59 Å². The van der Waals surface area contributed by atoms with Crippen molar-refractivity contribution >= 4 is 55.8 Å². The Hall–Kier alpha value is 0.410. The van der Waals surface area contributed by atoms with Crippen LogP contribution in [0.4, 0.5) is 4.79 Å². The van der Waals surface area contributed by atoms with Gasteiger partial charge in [0.05, 0.1) is 0 Å². The molecule has 2 atom stereocenters. The molecule has 2 saturated heterocycles. The van der Waals surface area contributed by atoms with E-state index in [1.165, 1.54) is 24.2 Å². The third-order valence-electron chi connectivity index (χ3n) is 3.97. The molecule has 4 nitrogen and oxygen atoms in total. The second-order valence-corrected chi connectivity index (χ2v) is 6.43. The molecule has 2 aliphatic rings.